The van der Waals surface area contributed by atoms with Crippen LogP contribution in [-0.2, 0) is 6.61 Å². The van der Waals surface area contributed by atoms with E-state index in [1.807, 2.05) is 11.0 Å². The van der Waals surface area contributed by atoms with Crippen LogP contribution in [-0.4, -0.2) is 34.9 Å². The van der Waals surface area contributed by atoms with Gasteiger partial charge >= 0.3 is 0 Å². The van der Waals surface area contributed by atoms with Crippen molar-refractivity contribution in [1.29, 1.82) is 0 Å². The summed E-state index contributed by atoms with van der Waals surface area (Å²) < 4.78 is 0.848. The van der Waals surface area contributed by atoms with Crippen molar-refractivity contribution < 1.29 is 10.2 Å². The third-order valence-electron chi connectivity index (χ3n) is 2.24. The predicted molar refractivity (Wildman–Crippen MR) is 67.4 cm³/mol. The van der Waals surface area contributed by atoms with Crippen molar-refractivity contribution in [3.63, 3.8) is 0 Å². The van der Waals surface area contributed by atoms with Crippen LogP contribution in [0.3, 0.4) is 0 Å². The molecule has 0 aliphatic carbocycles. The van der Waals surface area contributed by atoms with Gasteiger partial charge in [0.1, 0.15) is 5.82 Å². The molecule has 0 saturated heterocycles. The first kappa shape index (κ1) is 13.4. The fourth-order valence-electron chi connectivity index (χ4n) is 1.59. The lowest BCUT2D eigenvalue weighted by Gasteiger charge is -2.24. The van der Waals surface area contributed by atoms with Gasteiger partial charge in [-0.2, -0.15) is 0 Å². The van der Waals surface area contributed by atoms with E-state index in [4.69, 9.17) is 5.11 Å². The summed E-state index contributed by atoms with van der Waals surface area (Å²) in [7, 11) is 0. The van der Waals surface area contributed by atoms with E-state index in [9.17, 15) is 5.11 Å². The molecule has 0 aliphatic rings. The first-order chi connectivity index (χ1) is 7.72. The van der Waals surface area contributed by atoms with E-state index in [-0.39, 0.29) is 13.2 Å². The maximum Gasteiger partial charge on any atom is 0.134 e. The van der Waals surface area contributed by atoms with E-state index in [1.54, 1.807) is 6.20 Å². The van der Waals surface area contributed by atoms with Gasteiger partial charge in [-0.1, -0.05) is 6.92 Å². The molecule has 1 aromatic rings. The Kier molecular flexibility index (Phi) is 5.73. The van der Waals surface area contributed by atoms with Crippen molar-refractivity contribution in [3.05, 3.63) is 22.3 Å². The van der Waals surface area contributed by atoms with E-state index in [1.165, 1.54) is 0 Å². The van der Waals surface area contributed by atoms with Crippen LogP contribution in [0.1, 0.15) is 18.9 Å². The van der Waals surface area contributed by atoms with Crippen molar-refractivity contribution >= 4 is 21.7 Å². The molecule has 0 fully saturated rings. The van der Waals surface area contributed by atoms with Gasteiger partial charge in [-0.3, -0.25) is 0 Å². The van der Waals surface area contributed by atoms with Gasteiger partial charge < -0.3 is 15.1 Å². The Labute approximate surface area is 104 Å². The van der Waals surface area contributed by atoms with Gasteiger partial charge in [-0.05, 0) is 28.4 Å². The highest BCUT2D eigenvalue weighted by Gasteiger charge is 2.11. The molecule has 2 N–H and O–H groups in total. The zero-order valence-electron chi connectivity index (χ0n) is 9.36. The fourth-order valence-corrected chi connectivity index (χ4v) is 1.97. The highest BCUT2D eigenvalue weighted by atomic mass is 79.9. The van der Waals surface area contributed by atoms with E-state index in [2.05, 4.69) is 27.8 Å². The molecule has 90 valence electrons. The lowest BCUT2D eigenvalue weighted by Crippen LogP contribution is -2.29. The molecule has 4 nitrogen and oxygen atoms in total. The molecule has 0 aliphatic heterocycles. The molecule has 0 spiro atoms. The van der Waals surface area contributed by atoms with Crippen LogP contribution in [0.25, 0.3) is 0 Å². The summed E-state index contributed by atoms with van der Waals surface area (Å²) in [5.74, 6) is 0.751. The summed E-state index contributed by atoms with van der Waals surface area (Å²) in [5, 5.41) is 18.3. The van der Waals surface area contributed by atoms with Crippen LogP contribution < -0.4 is 4.90 Å². The number of anilines is 1. The maximum absolute atomic E-state index is 9.28. The summed E-state index contributed by atoms with van der Waals surface area (Å²) in [6.07, 6.45) is 2.68. The minimum Gasteiger partial charge on any atom is -0.395 e. The molecular weight excluding hydrogens is 272 g/mol. The largest absolute Gasteiger partial charge is 0.395 e. The summed E-state index contributed by atoms with van der Waals surface area (Å²) in [6, 6.07) is 1.85. The second-order valence-electron chi connectivity index (χ2n) is 3.51. The molecule has 1 heterocycles. The van der Waals surface area contributed by atoms with Crippen LogP contribution in [0, 0.1) is 0 Å². The summed E-state index contributed by atoms with van der Waals surface area (Å²) in [5.41, 5.74) is 0.774. The first-order valence-electron chi connectivity index (χ1n) is 5.34. The molecule has 0 radical (unpaired) electrons. The number of aromatic nitrogens is 1. The molecule has 0 bridgehead atoms. The van der Waals surface area contributed by atoms with Crippen LogP contribution >= 0.6 is 15.9 Å². The van der Waals surface area contributed by atoms with Gasteiger partial charge in [0.25, 0.3) is 0 Å². The molecule has 0 saturated carbocycles. The van der Waals surface area contributed by atoms with Crippen molar-refractivity contribution in [2.24, 2.45) is 0 Å². The van der Waals surface area contributed by atoms with E-state index < -0.39 is 0 Å². The van der Waals surface area contributed by atoms with Gasteiger partial charge in [0.05, 0.1) is 13.2 Å². The van der Waals surface area contributed by atoms with Gasteiger partial charge in [0.2, 0.25) is 0 Å². The lowest BCUT2D eigenvalue weighted by molar-refractivity contribution is 0.280. The van der Waals surface area contributed by atoms with Gasteiger partial charge in [0.15, 0.2) is 0 Å². The number of hydrogen-bond acceptors (Lipinski definition) is 4. The minimum absolute atomic E-state index is 0.0482. The zero-order chi connectivity index (χ0) is 12.0. The summed E-state index contributed by atoms with van der Waals surface area (Å²) in [6.45, 7) is 3.47. The average Bonchev–Trinajstić information content (AvgIpc) is 2.28. The SMILES string of the molecule is CCCN(CCO)c1ncc(Br)cc1CO. The summed E-state index contributed by atoms with van der Waals surface area (Å²) >= 11 is 3.32. The number of hydrogen-bond donors (Lipinski definition) is 2. The smallest absolute Gasteiger partial charge is 0.134 e. The maximum atomic E-state index is 9.28. The van der Waals surface area contributed by atoms with Gasteiger partial charge in [-0.25, -0.2) is 4.98 Å². The summed E-state index contributed by atoms with van der Waals surface area (Å²) in [4.78, 5) is 6.28. The number of rotatable bonds is 6. The molecular formula is C11H17BrN2O2. The number of aliphatic hydroxyl groups is 2. The zero-order valence-corrected chi connectivity index (χ0v) is 10.9. The molecule has 0 aromatic carbocycles. The average molecular weight is 289 g/mol. The van der Waals surface area contributed by atoms with Crippen LogP contribution in [0.5, 0.6) is 0 Å². The monoisotopic (exact) mass is 288 g/mol. The fraction of sp³-hybridized carbons (Fsp3) is 0.545. The molecule has 0 unspecified atom stereocenters. The van der Waals surface area contributed by atoms with Gasteiger partial charge in [0, 0.05) is 29.3 Å². The highest BCUT2D eigenvalue weighted by molar-refractivity contribution is 9.10. The Morgan fingerprint density at radius 2 is 2.12 bits per heavy atom. The van der Waals surface area contributed by atoms with Crippen molar-refractivity contribution in [2.45, 2.75) is 20.0 Å². The van der Waals surface area contributed by atoms with Crippen LogP contribution in [0.4, 0.5) is 5.82 Å². The Morgan fingerprint density at radius 3 is 2.69 bits per heavy atom. The minimum atomic E-state index is -0.0482. The Hall–Kier alpha value is -0.650. The topological polar surface area (TPSA) is 56.6 Å². The third-order valence-corrected chi connectivity index (χ3v) is 2.68. The molecule has 16 heavy (non-hydrogen) atoms. The Morgan fingerprint density at radius 1 is 1.38 bits per heavy atom. The molecule has 1 aromatic heterocycles. The van der Waals surface area contributed by atoms with Crippen LogP contribution in [0.15, 0.2) is 16.7 Å². The number of pyridine rings is 1. The van der Waals surface area contributed by atoms with Crippen molar-refractivity contribution in [2.75, 3.05) is 24.6 Å². The quantitative estimate of drug-likeness (QED) is 0.834. The second-order valence-corrected chi connectivity index (χ2v) is 4.42. The van der Waals surface area contributed by atoms with E-state index in [0.717, 1.165) is 28.8 Å². The Bertz CT molecular complexity index is 328. The molecule has 0 amide bonds. The third kappa shape index (κ3) is 3.43. The molecule has 1 rings (SSSR count). The van der Waals surface area contributed by atoms with Crippen molar-refractivity contribution in [1.82, 2.24) is 4.98 Å². The van der Waals surface area contributed by atoms with Crippen LogP contribution in [0.2, 0.25) is 0 Å². The normalized spacial score (nSPS) is 10.5. The van der Waals surface area contributed by atoms with E-state index >= 15 is 0 Å². The molecule has 5 heteroatoms. The first-order valence-corrected chi connectivity index (χ1v) is 6.13. The number of nitrogens with zero attached hydrogens (tertiary/aromatic N) is 2. The highest BCUT2D eigenvalue weighted by Crippen LogP contribution is 2.21. The van der Waals surface area contributed by atoms with E-state index in [0.29, 0.717) is 6.54 Å². The number of aliphatic hydroxyl groups excluding tert-OH is 2. The lowest BCUT2D eigenvalue weighted by atomic mass is 10.2. The number of halogens is 1. The molecule has 0 atom stereocenters. The second kappa shape index (κ2) is 6.83. The predicted octanol–water partition coefficient (Wildman–Crippen LogP) is 1.55. The standard InChI is InChI=1S/C11H17BrN2O2/c1-2-3-14(4-5-15)11-9(8-16)6-10(12)7-13-11/h6-7,15-16H,2-5,8H2,1H3. The van der Waals surface area contributed by atoms with Gasteiger partial charge in [-0.15, -0.1) is 0 Å². The van der Waals surface area contributed by atoms with Crippen molar-refractivity contribution in [3.8, 4) is 0 Å². The Balaban J connectivity index is 2.97.